The molecule has 0 radical (unpaired) electrons. The number of nitro benzene ring substituents is 1. The first-order valence-electron chi connectivity index (χ1n) is 7.72. The highest BCUT2D eigenvalue weighted by Crippen LogP contribution is 2.19. The van der Waals surface area contributed by atoms with Crippen LogP contribution in [0.25, 0.3) is 11.4 Å². The number of rotatable bonds is 7. The van der Waals surface area contributed by atoms with Gasteiger partial charge in [0.25, 0.3) is 5.69 Å². The van der Waals surface area contributed by atoms with Gasteiger partial charge in [0, 0.05) is 22.7 Å². The number of halogens is 1. The van der Waals surface area contributed by atoms with Gasteiger partial charge in [0.1, 0.15) is 24.8 Å². The molecule has 9 heteroatoms. The minimum Gasteiger partial charge on any atom is -0.491 e. The summed E-state index contributed by atoms with van der Waals surface area (Å²) in [6, 6.07) is 12.8. The Morgan fingerprint density at radius 2 is 1.88 bits per heavy atom. The van der Waals surface area contributed by atoms with Crippen molar-refractivity contribution in [1.29, 1.82) is 0 Å². The molecular weight excluding hydrogens is 360 g/mol. The fourth-order valence-corrected chi connectivity index (χ4v) is 2.36. The predicted molar refractivity (Wildman–Crippen MR) is 95.1 cm³/mol. The number of non-ortho nitro benzene ring substituents is 1. The Bertz CT molecular complexity index is 881. The lowest BCUT2D eigenvalue weighted by Gasteiger charge is -2.12. The van der Waals surface area contributed by atoms with E-state index in [1.807, 2.05) is 0 Å². The van der Waals surface area contributed by atoms with Crippen LogP contribution in [0.4, 0.5) is 5.69 Å². The summed E-state index contributed by atoms with van der Waals surface area (Å²) in [5, 5.41) is 25.6. The second kappa shape index (κ2) is 7.94. The molecule has 0 unspecified atom stereocenters. The van der Waals surface area contributed by atoms with Gasteiger partial charge in [0.15, 0.2) is 5.82 Å². The van der Waals surface area contributed by atoms with E-state index in [9.17, 15) is 15.2 Å². The third-order valence-corrected chi connectivity index (χ3v) is 3.78. The third-order valence-electron chi connectivity index (χ3n) is 3.53. The largest absolute Gasteiger partial charge is 0.491 e. The van der Waals surface area contributed by atoms with Gasteiger partial charge in [-0.3, -0.25) is 10.1 Å². The van der Waals surface area contributed by atoms with E-state index in [-0.39, 0.29) is 18.8 Å². The zero-order valence-corrected chi connectivity index (χ0v) is 14.3. The van der Waals surface area contributed by atoms with Crippen LogP contribution in [-0.2, 0) is 6.54 Å². The van der Waals surface area contributed by atoms with Crippen LogP contribution in [0.15, 0.2) is 54.9 Å². The molecule has 8 nitrogen and oxygen atoms in total. The molecule has 0 aliphatic heterocycles. The molecule has 0 amide bonds. The van der Waals surface area contributed by atoms with Gasteiger partial charge >= 0.3 is 0 Å². The molecular formula is C17H15ClN4O4. The minimum atomic E-state index is -0.780. The molecule has 3 rings (SSSR count). The van der Waals surface area contributed by atoms with Gasteiger partial charge < -0.3 is 9.84 Å². The first kappa shape index (κ1) is 17.8. The maximum atomic E-state index is 10.7. The Morgan fingerprint density at radius 1 is 1.19 bits per heavy atom. The van der Waals surface area contributed by atoms with E-state index >= 15 is 0 Å². The molecule has 26 heavy (non-hydrogen) atoms. The summed E-state index contributed by atoms with van der Waals surface area (Å²) in [5.74, 6) is 1.03. The zero-order valence-electron chi connectivity index (χ0n) is 13.5. The van der Waals surface area contributed by atoms with Crippen molar-refractivity contribution in [3.63, 3.8) is 0 Å². The van der Waals surface area contributed by atoms with Crippen molar-refractivity contribution in [3.05, 3.63) is 70.0 Å². The summed E-state index contributed by atoms with van der Waals surface area (Å²) in [4.78, 5) is 14.4. The topological polar surface area (TPSA) is 103 Å². The Morgan fingerprint density at radius 3 is 2.54 bits per heavy atom. The normalized spacial score (nSPS) is 11.9. The molecule has 1 aromatic heterocycles. The molecule has 134 valence electrons. The molecule has 0 aliphatic rings. The van der Waals surface area contributed by atoms with Gasteiger partial charge in [0.05, 0.1) is 11.5 Å². The Hall–Kier alpha value is -2.97. The number of hydrogen-bond acceptors (Lipinski definition) is 6. The highest BCUT2D eigenvalue weighted by molar-refractivity contribution is 6.30. The van der Waals surface area contributed by atoms with Gasteiger partial charge in [-0.2, -0.15) is 5.10 Å². The summed E-state index contributed by atoms with van der Waals surface area (Å²) in [5.41, 5.74) is 0.657. The Labute approximate surface area is 153 Å². The number of nitrogens with zero attached hydrogens (tertiary/aromatic N) is 4. The van der Waals surface area contributed by atoms with E-state index in [2.05, 4.69) is 10.1 Å². The van der Waals surface area contributed by atoms with Gasteiger partial charge in [-0.1, -0.05) is 11.6 Å². The van der Waals surface area contributed by atoms with E-state index in [0.29, 0.717) is 22.2 Å². The van der Waals surface area contributed by atoms with Crippen molar-refractivity contribution in [1.82, 2.24) is 14.8 Å². The van der Waals surface area contributed by atoms with Gasteiger partial charge in [-0.05, 0) is 36.4 Å². The van der Waals surface area contributed by atoms with Crippen LogP contribution in [-0.4, -0.2) is 37.5 Å². The second-order valence-electron chi connectivity index (χ2n) is 5.51. The smallest absolute Gasteiger partial charge is 0.269 e. The van der Waals surface area contributed by atoms with Crippen molar-refractivity contribution in [2.75, 3.05) is 6.61 Å². The third kappa shape index (κ3) is 4.56. The molecule has 1 heterocycles. The first-order valence-corrected chi connectivity index (χ1v) is 8.10. The molecule has 0 bridgehead atoms. The van der Waals surface area contributed by atoms with Crippen molar-refractivity contribution in [2.24, 2.45) is 0 Å². The molecule has 0 aliphatic carbocycles. The maximum Gasteiger partial charge on any atom is 0.269 e. The molecule has 1 N–H and O–H groups in total. The lowest BCUT2D eigenvalue weighted by atomic mass is 10.2. The highest BCUT2D eigenvalue weighted by atomic mass is 35.5. The number of hydrogen-bond donors (Lipinski definition) is 1. The standard InChI is InChI=1S/C17H15ClN4O4/c18-13-3-7-16(8-4-13)26-10-15(23)9-21-11-19-17(20-21)12-1-5-14(6-2-12)22(24)25/h1-8,11,15,23H,9-10H2/t15-/m1/s1. The molecule has 0 saturated heterocycles. The monoisotopic (exact) mass is 374 g/mol. The minimum absolute atomic E-state index is 0.00273. The molecule has 3 aromatic rings. The summed E-state index contributed by atoms with van der Waals surface area (Å²) >= 11 is 5.80. The molecule has 0 spiro atoms. The van der Waals surface area contributed by atoms with Crippen molar-refractivity contribution >= 4 is 17.3 Å². The van der Waals surface area contributed by atoms with E-state index in [1.54, 1.807) is 36.4 Å². The number of ether oxygens (including phenoxy) is 1. The Balaban J connectivity index is 1.57. The number of benzene rings is 2. The lowest BCUT2D eigenvalue weighted by Crippen LogP contribution is -2.23. The number of aliphatic hydroxyl groups is 1. The van der Waals surface area contributed by atoms with Crippen molar-refractivity contribution < 1.29 is 14.8 Å². The summed E-state index contributed by atoms with van der Waals surface area (Å²) < 4.78 is 6.98. The average molecular weight is 375 g/mol. The van der Waals surface area contributed by atoms with E-state index in [0.717, 1.165) is 0 Å². The van der Waals surface area contributed by atoms with Crippen molar-refractivity contribution in [3.8, 4) is 17.1 Å². The van der Waals surface area contributed by atoms with Crippen LogP contribution in [0, 0.1) is 10.1 Å². The number of nitro groups is 1. The summed E-state index contributed by atoms with van der Waals surface area (Å²) in [7, 11) is 0. The molecule has 0 fully saturated rings. The molecule has 2 aromatic carbocycles. The van der Waals surface area contributed by atoms with Gasteiger partial charge in [-0.15, -0.1) is 0 Å². The summed E-state index contributed by atoms with van der Waals surface area (Å²) in [6.07, 6.45) is 0.708. The molecule has 1 atom stereocenters. The zero-order chi connectivity index (χ0) is 18.5. The first-order chi connectivity index (χ1) is 12.5. The van der Waals surface area contributed by atoms with Gasteiger partial charge in [0.2, 0.25) is 0 Å². The lowest BCUT2D eigenvalue weighted by molar-refractivity contribution is -0.384. The van der Waals surface area contributed by atoms with E-state index < -0.39 is 11.0 Å². The van der Waals surface area contributed by atoms with E-state index in [1.165, 1.54) is 23.1 Å². The number of aromatic nitrogens is 3. The molecule has 0 saturated carbocycles. The van der Waals surface area contributed by atoms with Crippen LogP contribution in [0.5, 0.6) is 5.75 Å². The maximum absolute atomic E-state index is 10.7. The van der Waals surface area contributed by atoms with Crippen LogP contribution in [0.2, 0.25) is 5.02 Å². The highest BCUT2D eigenvalue weighted by Gasteiger charge is 2.11. The average Bonchev–Trinajstić information content (AvgIpc) is 3.10. The van der Waals surface area contributed by atoms with Gasteiger partial charge in [-0.25, -0.2) is 9.67 Å². The van der Waals surface area contributed by atoms with Crippen LogP contribution in [0.3, 0.4) is 0 Å². The van der Waals surface area contributed by atoms with Crippen LogP contribution >= 0.6 is 11.6 Å². The summed E-state index contributed by atoms with van der Waals surface area (Å²) in [6.45, 7) is 0.294. The number of aliphatic hydroxyl groups excluding tert-OH is 1. The van der Waals surface area contributed by atoms with E-state index in [4.69, 9.17) is 16.3 Å². The fourth-order valence-electron chi connectivity index (χ4n) is 2.24. The predicted octanol–water partition coefficient (Wildman–Crippen LogP) is 2.95. The quantitative estimate of drug-likeness (QED) is 0.503. The second-order valence-corrected chi connectivity index (χ2v) is 5.95. The SMILES string of the molecule is O=[N+]([O-])c1ccc(-c2ncn(C[C@@H](O)COc3ccc(Cl)cc3)n2)cc1. The Kier molecular flexibility index (Phi) is 5.45. The fraction of sp³-hybridized carbons (Fsp3) is 0.176. The van der Waals surface area contributed by atoms with Crippen LogP contribution in [0.1, 0.15) is 0 Å². The van der Waals surface area contributed by atoms with Crippen molar-refractivity contribution in [2.45, 2.75) is 12.6 Å². The van der Waals surface area contributed by atoms with Crippen LogP contribution < -0.4 is 4.74 Å².